The first-order valence-electron chi connectivity index (χ1n) is 6.02. The van der Waals surface area contributed by atoms with Gasteiger partial charge >= 0.3 is 11.0 Å². The summed E-state index contributed by atoms with van der Waals surface area (Å²) in [5.41, 5.74) is -12.4. The molecule has 0 amide bonds. The van der Waals surface area contributed by atoms with Gasteiger partial charge in [0, 0.05) is 13.0 Å². The lowest BCUT2D eigenvalue weighted by atomic mass is 10.4. The van der Waals surface area contributed by atoms with Crippen LogP contribution in [0.3, 0.4) is 0 Å². The number of halogens is 6. The van der Waals surface area contributed by atoms with Crippen molar-refractivity contribution < 1.29 is 52.9 Å². The van der Waals surface area contributed by atoms with Crippen molar-refractivity contribution in [1.29, 1.82) is 0 Å². The summed E-state index contributed by atoms with van der Waals surface area (Å²) in [6.07, 6.45) is 6.80. The monoisotopic (exact) mass is 421 g/mol. The number of rotatable bonds is 5. The Hall–Kier alpha value is -1.39. The predicted molar refractivity (Wildman–Crippen MR) is 70.6 cm³/mol. The Labute approximate surface area is 138 Å². The lowest BCUT2D eigenvalue weighted by Gasteiger charge is -2.22. The Morgan fingerprint density at radius 3 is 1.76 bits per heavy atom. The molecule has 0 fully saturated rings. The van der Waals surface area contributed by atoms with Gasteiger partial charge in [0.25, 0.3) is 0 Å². The number of aryl methyl sites for hydroxylation is 2. The maximum atomic E-state index is 11.4. The minimum Gasteiger partial charge on any atom is -0.421 e. The lowest BCUT2D eigenvalue weighted by Crippen LogP contribution is -2.30. The zero-order chi connectivity index (χ0) is 20.1. The second kappa shape index (κ2) is 8.33. The average molecular weight is 421 g/mol. The van der Waals surface area contributed by atoms with Crippen LogP contribution in [-0.4, -0.2) is 44.1 Å². The van der Waals surface area contributed by atoms with Crippen molar-refractivity contribution in [1.82, 2.24) is 4.57 Å². The summed E-state index contributed by atoms with van der Waals surface area (Å²) in [4.78, 5) is 0. The number of alkyl halides is 6. The fourth-order valence-corrected chi connectivity index (χ4v) is 2.81. The highest BCUT2D eigenvalue weighted by Gasteiger charge is 2.46. The molecule has 148 valence electrons. The zero-order valence-electron chi connectivity index (χ0n) is 12.4. The van der Waals surface area contributed by atoms with Gasteiger partial charge in [0.05, 0.1) is 13.6 Å². The van der Waals surface area contributed by atoms with E-state index in [9.17, 15) is 43.2 Å². The fourth-order valence-electron chi connectivity index (χ4n) is 1.10. The van der Waals surface area contributed by atoms with Gasteiger partial charge < -0.3 is 9.23 Å². The minimum atomic E-state index is -6.72. The summed E-state index contributed by atoms with van der Waals surface area (Å²) in [5.74, 6) is 0. The Morgan fingerprint density at radius 2 is 1.48 bits per heavy atom. The van der Waals surface area contributed by atoms with Gasteiger partial charge in [0.1, 0.15) is 12.4 Å². The normalized spacial score (nSPS) is 13.3. The van der Waals surface area contributed by atoms with Crippen molar-refractivity contribution >= 4 is 20.0 Å². The maximum Gasteiger partial charge on any atom is 0.480 e. The van der Waals surface area contributed by atoms with E-state index in [0.717, 1.165) is 17.1 Å². The third kappa shape index (κ3) is 7.57. The standard InChI is InChI=1S/C7H13N2O.C2F6NO4S2/c1-8-4-5-9(7-8)3-2-6-10;3-1(4,5)14(10,11)9-15(12,13)2(6,7)8/h4-5,7,10H,2-3,6H2,1H3;/q+1;-1. The molecule has 0 saturated carbocycles. The molecule has 1 rings (SSSR count). The molecule has 0 unspecified atom stereocenters. The van der Waals surface area contributed by atoms with E-state index in [2.05, 4.69) is 4.57 Å². The van der Waals surface area contributed by atoms with Crippen molar-refractivity contribution in [2.24, 2.45) is 7.05 Å². The molecule has 0 aliphatic carbocycles. The minimum absolute atomic E-state index is 0.266. The number of aliphatic hydroxyl groups excluding tert-OH is 1. The molecule has 16 heteroatoms. The second-order valence-electron chi connectivity index (χ2n) is 4.31. The molecule has 0 aromatic carbocycles. The Bertz CT molecular complexity index is 711. The van der Waals surface area contributed by atoms with Crippen LogP contribution in [0.1, 0.15) is 6.42 Å². The quantitative estimate of drug-likeness (QED) is 0.557. The number of hydrogen-bond acceptors (Lipinski definition) is 5. The van der Waals surface area contributed by atoms with Crippen molar-refractivity contribution in [3.8, 4) is 0 Å². The first-order valence-corrected chi connectivity index (χ1v) is 8.90. The van der Waals surface area contributed by atoms with Crippen LogP contribution in [0, 0.1) is 0 Å². The van der Waals surface area contributed by atoms with Crippen LogP contribution in [0.25, 0.3) is 4.13 Å². The summed E-state index contributed by atoms with van der Waals surface area (Å²) < 4.78 is 113. The molecule has 8 nitrogen and oxygen atoms in total. The van der Waals surface area contributed by atoms with Crippen molar-refractivity contribution in [2.45, 2.75) is 24.0 Å². The zero-order valence-corrected chi connectivity index (χ0v) is 14.0. The molecule has 25 heavy (non-hydrogen) atoms. The van der Waals surface area contributed by atoms with Gasteiger partial charge in [-0.2, -0.15) is 26.3 Å². The van der Waals surface area contributed by atoms with Gasteiger partial charge in [0.2, 0.25) is 6.33 Å². The van der Waals surface area contributed by atoms with Crippen LogP contribution >= 0.6 is 0 Å². The molecule has 1 aromatic rings. The first-order chi connectivity index (χ1) is 11.0. The molecule has 0 saturated heterocycles. The van der Waals surface area contributed by atoms with Gasteiger partial charge in [-0.15, -0.1) is 0 Å². The molecule has 0 bridgehead atoms. The van der Waals surface area contributed by atoms with E-state index in [-0.39, 0.29) is 6.61 Å². The highest BCUT2D eigenvalue weighted by molar-refractivity contribution is 8.13. The highest BCUT2D eigenvalue weighted by atomic mass is 32.3. The maximum absolute atomic E-state index is 11.4. The summed E-state index contributed by atoms with van der Waals surface area (Å²) >= 11 is 0. The Kier molecular flexibility index (Phi) is 7.86. The third-order valence-electron chi connectivity index (χ3n) is 2.18. The number of aliphatic hydroxyl groups is 1. The van der Waals surface area contributed by atoms with E-state index in [1.54, 1.807) is 0 Å². The largest absolute Gasteiger partial charge is 0.480 e. The van der Waals surface area contributed by atoms with Crippen LogP contribution < -0.4 is 4.57 Å². The second-order valence-corrected chi connectivity index (χ2v) is 7.73. The van der Waals surface area contributed by atoms with Crippen LogP contribution in [0.5, 0.6) is 0 Å². The molecule has 1 heterocycles. The summed E-state index contributed by atoms with van der Waals surface area (Å²) in [7, 11) is -11.5. The average Bonchev–Trinajstić information content (AvgIpc) is 2.79. The van der Waals surface area contributed by atoms with E-state index in [4.69, 9.17) is 5.11 Å². The SMILES string of the molecule is C[n+]1ccn(CCCO)c1.O=S(=O)([N-]S(=O)(=O)C(F)(F)F)C(F)(F)F. The van der Waals surface area contributed by atoms with E-state index < -0.39 is 31.1 Å². The van der Waals surface area contributed by atoms with Crippen LogP contribution in [0.2, 0.25) is 0 Å². The first kappa shape index (κ1) is 23.6. The lowest BCUT2D eigenvalue weighted by molar-refractivity contribution is -0.671. The molecule has 0 atom stereocenters. The molecule has 0 spiro atoms. The van der Waals surface area contributed by atoms with Crippen LogP contribution in [0.4, 0.5) is 26.3 Å². The number of imidazole rings is 1. The van der Waals surface area contributed by atoms with Gasteiger partial charge in [-0.1, -0.05) is 0 Å². The fraction of sp³-hybridized carbons (Fsp3) is 0.667. The number of aromatic nitrogens is 2. The Morgan fingerprint density at radius 1 is 1.04 bits per heavy atom. The molecule has 1 N–H and O–H groups in total. The predicted octanol–water partition coefficient (Wildman–Crippen LogP) is 0.754. The van der Waals surface area contributed by atoms with Gasteiger partial charge in [-0.25, -0.2) is 26.0 Å². The smallest absolute Gasteiger partial charge is 0.421 e. The topological polar surface area (TPSA) is 111 Å². The highest BCUT2D eigenvalue weighted by Crippen LogP contribution is 2.36. The van der Waals surface area contributed by atoms with E-state index in [1.165, 1.54) is 0 Å². The molecule has 0 aliphatic heterocycles. The summed E-state index contributed by atoms with van der Waals surface area (Å²) in [5, 5.41) is 8.51. The van der Waals surface area contributed by atoms with Gasteiger partial charge in [-0.3, -0.25) is 0 Å². The molecule has 1 aromatic heterocycles. The number of sulfonamides is 2. The summed E-state index contributed by atoms with van der Waals surface area (Å²) in [6.45, 7) is 1.17. The Balaban J connectivity index is 0.000000496. The molecule has 0 aliphatic rings. The van der Waals surface area contributed by atoms with Crippen LogP contribution in [0.15, 0.2) is 18.7 Å². The van der Waals surface area contributed by atoms with Gasteiger partial charge in [-0.05, 0) is 0 Å². The molecular weight excluding hydrogens is 408 g/mol. The summed E-state index contributed by atoms with van der Waals surface area (Å²) in [6, 6.07) is 0. The van der Waals surface area contributed by atoms with Crippen molar-refractivity contribution in [2.75, 3.05) is 6.61 Å². The van der Waals surface area contributed by atoms with Crippen LogP contribution in [-0.2, 0) is 33.6 Å². The number of nitrogens with zero attached hydrogens (tertiary/aromatic N) is 3. The van der Waals surface area contributed by atoms with E-state index >= 15 is 0 Å². The molecule has 0 radical (unpaired) electrons. The van der Waals surface area contributed by atoms with Crippen molar-refractivity contribution in [3.63, 3.8) is 0 Å². The van der Waals surface area contributed by atoms with E-state index in [1.807, 2.05) is 30.3 Å². The van der Waals surface area contributed by atoms with E-state index in [0.29, 0.717) is 0 Å². The number of hydrogen-bond donors (Lipinski definition) is 1. The third-order valence-corrected chi connectivity index (χ3v) is 4.92. The van der Waals surface area contributed by atoms with Crippen molar-refractivity contribution in [3.05, 3.63) is 22.8 Å². The van der Waals surface area contributed by atoms with Gasteiger partial charge in [0.15, 0.2) is 20.0 Å². The molecular formula is C9H13F6N3O5S2.